The van der Waals surface area contributed by atoms with E-state index in [4.69, 9.17) is 0 Å². The fourth-order valence-electron chi connectivity index (χ4n) is 3.00. The maximum absolute atomic E-state index is 12.5. The standard InChI is InChI=1S/C17H17N5O/c23-17(15-7-5-12-3-1-2-4-14(12)20-15)19-13-6-8-16-21-18-11-22(16)10-9-13/h1-5,7,11,13H,6,8-10H2,(H,19,23). The predicted octanol–water partition coefficient (Wildman–Crippen LogP) is 1.96. The molecule has 0 fully saturated rings. The minimum atomic E-state index is -0.113. The van der Waals surface area contributed by atoms with Gasteiger partial charge in [0.1, 0.15) is 17.8 Å². The fourth-order valence-corrected chi connectivity index (χ4v) is 3.00. The molecule has 1 N–H and O–H groups in total. The van der Waals surface area contributed by atoms with Gasteiger partial charge in [-0.15, -0.1) is 10.2 Å². The van der Waals surface area contributed by atoms with Crippen molar-refractivity contribution >= 4 is 16.8 Å². The van der Waals surface area contributed by atoms with Crippen LogP contribution in [-0.4, -0.2) is 31.7 Å². The Bertz CT molecular complexity index is 834. The normalized spacial score (nSPS) is 17.5. The molecule has 0 saturated carbocycles. The summed E-state index contributed by atoms with van der Waals surface area (Å²) in [4.78, 5) is 16.9. The van der Waals surface area contributed by atoms with Crippen LogP contribution in [0.1, 0.15) is 29.2 Å². The van der Waals surface area contributed by atoms with Crippen LogP contribution in [0.4, 0.5) is 0 Å². The predicted molar refractivity (Wildman–Crippen MR) is 86.0 cm³/mol. The third-order valence-electron chi connectivity index (χ3n) is 4.30. The number of benzene rings is 1. The topological polar surface area (TPSA) is 72.7 Å². The van der Waals surface area contributed by atoms with Gasteiger partial charge >= 0.3 is 0 Å². The summed E-state index contributed by atoms with van der Waals surface area (Å²) >= 11 is 0. The van der Waals surface area contributed by atoms with Crippen LogP contribution >= 0.6 is 0 Å². The zero-order chi connectivity index (χ0) is 15.6. The lowest BCUT2D eigenvalue weighted by molar-refractivity contribution is 0.0928. The van der Waals surface area contributed by atoms with E-state index in [-0.39, 0.29) is 11.9 Å². The number of nitrogens with one attached hydrogen (secondary N) is 1. The Morgan fingerprint density at radius 1 is 1.17 bits per heavy atom. The molecule has 3 aromatic rings. The van der Waals surface area contributed by atoms with Crippen LogP contribution in [0, 0.1) is 0 Å². The van der Waals surface area contributed by atoms with E-state index in [9.17, 15) is 4.79 Å². The molecule has 2 aromatic heterocycles. The number of fused-ring (bicyclic) bond motifs is 2. The van der Waals surface area contributed by atoms with Gasteiger partial charge in [0, 0.05) is 24.4 Å². The average molecular weight is 307 g/mol. The van der Waals surface area contributed by atoms with Crippen LogP contribution < -0.4 is 5.32 Å². The minimum absolute atomic E-state index is 0.113. The molecule has 23 heavy (non-hydrogen) atoms. The number of rotatable bonds is 2. The van der Waals surface area contributed by atoms with Crippen LogP contribution in [0.2, 0.25) is 0 Å². The van der Waals surface area contributed by atoms with Crippen LogP contribution in [0.5, 0.6) is 0 Å². The molecule has 0 radical (unpaired) electrons. The van der Waals surface area contributed by atoms with Crippen molar-refractivity contribution in [2.75, 3.05) is 0 Å². The van der Waals surface area contributed by atoms with E-state index in [1.165, 1.54) is 0 Å². The van der Waals surface area contributed by atoms with Crippen molar-refractivity contribution in [1.29, 1.82) is 0 Å². The quantitative estimate of drug-likeness (QED) is 0.785. The first-order valence-corrected chi connectivity index (χ1v) is 7.83. The van der Waals surface area contributed by atoms with Gasteiger partial charge in [-0.2, -0.15) is 0 Å². The molecule has 1 unspecified atom stereocenters. The number of nitrogens with zero attached hydrogens (tertiary/aromatic N) is 4. The monoisotopic (exact) mass is 307 g/mol. The van der Waals surface area contributed by atoms with Gasteiger partial charge in [-0.3, -0.25) is 4.79 Å². The maximum Gasteiger partial charge on any atom is 0.270 e. The third-order valence-corrected chi connectivity index (χ3v) is 4.30. The van der Waals surface area contributed by atoms with Crippen LogP contribution in [0.15, 0.2) is 42.7 Å². The number of para-hydroxylation sites is 1. The largest absolute Gasteiger partial charge is 0.348 e. The van der Waals surface area contributed by atoms with Crippen molar-refractivity contribution in [3.63, 3.8) is 0 Å². The summed E-state index contributed by atoms with van der Waals surface area (Å²) in [6.07, 6.45) is 4.34. The highest BCUT2D eigenvalue weighted by atomic mass is 16.1. The molecule has 3 heterocycles. The van der Waals surface area contributed by atoms with E-state index in [1.807, 2.05) is 30.3 Å². The number of carbonyl (C=O) groups excluding carboxylic acids is 1. The average Bonchev–Trinajstić information content (AvgIpc) is 2.96. The highest BCUT2D eigenvalue weighted by molar-refractivity contribution is 5.95. The van der Waals surface area contributed by atoms with Gasteiger partial charge < -0.3 is 9.88 Å². The van der Waals surface area contributed by atoms with Crippen molar-refractivity contribution in [3.8, 4) is 0 Å². The number of aromatic nitrogens is 4. The first kappa shape index (κ1) is 13.9. The van der Waals surface area contributed by atoms with E-state index in [0.717, 1.165) is 42.5 Å². The lowest BCUT2D eigenvalue weighted by Gasteiger charge is -2.15. The molecule has 0 aliphatic carbocycles. The van der Waals surface area contributed by atoms with Crippen molar-refractivity contribution in [2.45, 2.75) is 31.8 Å². The Labute approximate surface area is 133 Å². The minimum Gasteiger partial charge on any atom is -0.348 e. The number of pyridine rings is 1. The van der Waals surface area contributed by atoms with Gasteiger partial charge in [-0.25, -0.2) is 4.98 Å². The van der Waals surface area contributed by atoms with E-state index in [2.05, 4.69) is 25.1 Å². The Hall–Kier alpha value is -2.76. The van der Waals surface area contributed by atoms with Gasteiger partial charge in [0.05, 0.1) is 5.52 Å². The molecule has 1 aliphatic heterocycles. The molecule has 1 aliphatic rings. The van der Waals surface area contributed by atoms with Crippen LogP contribution in [0.3, 0.4) is 0 Å². The van der Waals surface area contributed by atoms with Crippen molar-refractivity contribution in [1.82, 2.24) is 25.1 Å². The summed E-state index contributed by atoms with van der Waals surface area (Å²) in [5.41, 5.74) is 1.31. The van der Waals surface area contributed by atoms with Gasteiger partial charge in [-0.05, 0) is 25.0 Å². The van der Waals surface area contributed by atoms with Gasteiger partial charge in [0.25, 0.3) is 5.91 Å². The van der Waals surface area contributed by atoms with Gasteiger partial charge in [-0.1, -0.05) is 24.3 Å². The lowest BCUT2D eigenvalue weighted by atomic mass is 10.1. The van der Waals surface area contributed by atoms with Crippen LogP contribution in [-0.2, 0) is 13.0 Å². The first-order chi connectivity index (χ1) is 11.3. The number of aryl methyl sites for hydroxylation is 2. The summed E-state index contributed by atoms with van der Waals surface area (Å²) in [5, 5.41) is 12.2. The maximum atomic E-state index is 12.5. The smallest absolute Gasteiger partial charge is 0.270 e. The molecule has 6 heteroatoms. The van der Waals surface area contributed by atoms with Crippen molar-refractivity contribution in [3.05, 3.63) is 54.2 Å². The Morgan fingerprint density at radius 3 is 3.04 bits per heavy atom. The number of hydrogen-bond acceptors (Lipinski definition) is 4. The second-order valence-electron chi connectivity index (χ2n) is 5.83. The van der Waals surface area contributed by atoms with Gasteiger partial charge in [0.2, 0.25) is 0 Å². The molecule has 0 bridgehead atoms. The summed E-state index contributed by atoms with van der Waals surface area (Å²) in [6.45, 7) is 0.832. The SMILES string of the molecule is O=C(NC1CCc2nncn2CC1)c1ccc2ccccc2n1. The van der Waals surface area contributed by atoms with E-state index in [1.54, 1.807) is 12.4 Å². The van der Waals surface area contributed by atoms with E-state index in [0.29, 0.717) is 5.69 Å². The Morgan fingerprint density at radius 2 is 2.09 bits per heavy atom. The molecule has 4 rings (SSSR count). The second kappa shape index (κ2) is 5.79. The highest BCUT2D eigenvalue weighted by Gasteiger charge is 2.19. The number of carbonyl (C=O) groups is 1. The van der Waals surface area contributed by atoms with E-state index < -0.39 is 0 Å². The number of amides is 1. The molecule has 116 valence electrons. The molecule has 1 aromatic carbocycles. The second-order valence-corrected chi connectivity index (χ2v) is 5.83. The third kappa shape index (κ3) is 2.79. The summed E-state index contributed by atoms with van der Waals surface area (Å²) in [6, 6.07) is 11.7. The molecular weight excluding hydrogens is 290 g/mol. The molecular formula is C17H17N5O. The highest BCUT2D eigenvalue weighted by Crippen LogP contribution is 2.15. The molecule has 6 nitrogen and oxygen atoms in total. The van der Waals surface area contributed by atoms with Gasteiger partial charge in [0.15, 0.2) is 0 Å². The first-order valence-electron chi connectivity index (χ1n) is 7.83. The zero-order valence-corrected chi connectivity index (χ0v) is 12.6. The Kier molecular flexibility index (Phi) is 3.49. The number of hydrogen-bond donors (Lipinski definition) is 1. The molecule has 1 amide bonds. The summed E-state index contributed by atoms with van der Waals surface area (Å²) < 4.78 is 2.06. The van der Waals surface area contributed by atoms with E-state index >= 15 is 0 Å². The Balaban J connectivity index is 1.47. The lowest BCUT2D eigenvalue weighted by Crippen LogP contribution is -2.35. The molecule has 1 atom stereocenters. The summed E-state index contributed by atoms with van der Waals surface area (Å²) in [5.74, 6) is 0.879. The molecule has 0 spiro atoms. The van der Waals surface area contributed by atoms with Crippen molar-refractivity contribution in [2.24, 2.45) is 0 Å². The molecule has 0 saturated heterocycles. The summed E-state index contributed by atoms with van der Waals surface area (Å²) in [7, 11) is 0. The zero-order valence-electron chi connectivity index (χ0n) is 12.6. The van der Waals surface area contributed by atoms with Crippen molar-refractivity contribution < 1.29 is 4.79 Å². The fraction of sp³-hybridized carbons (Fsp3) is 0.294. The van der Waals surface area contributed by atoms with Crippen LogP contribution in [0.25, 0.3) is 10.9 Å².